The van der Waals surface area contributed by atoms with Crippen LogP contribution in [0.5, 0.6) is 11.5 Å². The molecule has 0 fully saturated rings. The molecule has 0 saturated carbocycles. The van der Waals surface area contributed by atoms with Gasteiger partial charge in [0.15, 0.2) is 0 Å². The van der Waals surface area contributed by atoms with Crippen LogP contribution in [-0.4, -0.2) is 73.6 Å². The summed E-state index contributed by atoms with van der Waals surface area (Å²) in [6, 6.07) is 30.1. The fourth-order valence-electron chi connectivity index (χ4n) is 5.51. The highest BCUT2D eigenvalue weighted by Gasteiger charge is 2.32. The van der Waals surface area contributed by atoms with Gasteiger partial charge in [0.1, 0.15) is 22.0 Å². The van der Waals surface area contributed by atoms with Crippen LogP contribution in [0, 0.1) is 13.8 Å². The van der Waals surface area contributed by atoms with Crippen molar-refractivity contribution in [3.05, 3.63) is 156 Å². The molecule has 12 heteroatoms. The molecule has 0 aromatic heterocycles. The summed E-state index contributed by atoms with van der Waals surface area (Å²) in [5.74, 6) is 1.43. The Labute approximate surface area is 322 Å². The van der Waals surface area contributed by atoms with E-state index in [0.717, 1.165) is 33.4 Å². The van der Waals surface area contributed by atoms with Gasteiger partial charge < -0.3 is 19.7 Å². The predicted molar refractivity (Wildman–Crippen MR) is 216 cm³/mol. The van der Waals surface area contributed by atoms with Gasteiger partial charge in [-0.3, -0.25) is 0 Å². The van der Waals surface area contributed by atoms with Crippen LogP contribution in [0.15, 0.2) is 122 Å². The van der Waals surface area contributed by atoms with Crippen molar-refractivity contribution in [1.82, 2.24) is 8.61 Å². The van der Waals surface area contributed by atoms with E-state index in [0.29, 0.717) is 11.5 Å². The molecule has 0 aliphatic carbocycles. The third-order valence-corrected chi connectivity index (χ3v) is 13.1. The number of ether oxygens (including phenoxy) is 2. The highest BCUT2D eigenvalue weighted by Crippen LogP contribution is 2.23. The quantitative estimate of drug-likeness (QED) is 0.0967. The van der Waals surface area contributed by atoms with Crippen molar-refractivity contribution in [3.8, 4) is 11.5 Å². The van der Waals surface area contributed by atoms with Crippen molar-refractivity contribution in [3.63, 3.8) is 0 Å². The molecule has 0 spiro atoms. The number of aryl methyl sites for hydroxylation is 2. The topological polar surface area (TPSA) is 134 Å². The first-order chi connectivity index (χ1) is 25.8. The van der Waals surface area contributed by atoms with E-state index in [2.05, 4.69) is 13.2 Å². The Kier molecular flexibility index (Phi) is 17.6. The number of methoxy groups -OCH3 is 2. The maximum Gasteiger partial charge on any atom is 0.220 e. The Morgan fingerprint density at radius 3 is 1.02 bits per heavy atom. The molecule has 0 bridgehead atoms. The van der Waals surface area contributed by atoms with Crippen LogP contribution in [-0.2, 0) is 46.2 Å². The number of allylic oxidation sites excluding steroid dienone is 2. The van der Waals surface area contributed by atoms with Crippen LogP contribution in [0.4, 0.5) is 0 Å². The molecular formula is C42H54N2O8S2. The first kappa shape index (κ1) is 44.1. The second kappa shape index (κ2) is 21.6. The summed E-state index contributed by atoms with van der Waals surface area (Å²) in [7, 11) is -4.26. The molecule has 10 nitrogen and oxygen atoms in total. The van der Waals surface area contributed by atoms with E-state index in [1.54, 1.807) is 38.5 Å². The number of hydrogen-bond donors (Lipinski definition) is 2. The third-order valence-electron chi connectivity index (χ3n) is 8.82. The Hall–Kier alpha value is -4.30. The van der Waals surface area contributed by atoms with Crippen LogP contribution < -0.4 is 9.47 Å². The molecule has 0 radical (unpaired) electrons. The van der Waals surface area contributed by atoms with E-state index in [4.69, 9.17) is 9.47 Å². The largest absolute Gasteiger partial charge is 0.497 e. The molecule has 0 heterocycles. The van der Waals surface area contributed by atoms with E-state index < -0.39 is 43.8 Å². The molecule has 2 atom stereocenters. The Bertz CT molecular complexity index is 1800. The van der Waals surface area contributed by atoms with E-state index in [1.807, 2.05) is 86.6 Å². The molecule has 4 aromatic rings. The average molecular weight is 779 g/mol. The summed E-state index contributed by atoms with van der Waals surface area (Å²) in [6.07, 6.45) is 3.45. The average Bonchev–Trinajstić information content (AvgIpc) is 3.17. The number of nitrogens with zero attached hydrogens (tertiary/aromatic N) is 2. The molecule has 4 aromatic carbocycles. The molecule has 4 rings (SSSR count). The van der Waals surface area contributed by atoms with Gasteiger partial charge in [-0.15, -0.1) is 13.2 Å². The second-order valence-electron chi connectivity index (χ2n) is 13.0. The van der Waals surface area contributed by atoms with Crippen molar-refractivity contribution in [2.45, 2.75) is 63.4 Å². The minimum atomic E-state index is -3.72. The van der Waals surface area contributed by atoms with E-state index in [1.165, 1.54) is 20.8 Å². The van der Waals surface area contributed by atoms with Crippen LogP contribution in [0.2, 0.25) is 0 Å². The smallest absolute Gasteiger partial charge is 0.220 e. The number of aliphatic hydroxyl groups excluding tert-OH is 2. The maximum atomic E-state index is 13.1. The van der Waals surface area contributed by atoms with Gasteiger partial charge in [-0.05, 0) is 73.2 Å². The van der Waals surface area contributed by atoms with Crippen LogP contribution in [0.3, 0.4) is 0 Å². The van der Waals surface area contributed by atoms with Crippen molar-refractivity contribution in [2.75, 3.05) is 27.4 Å². The monoisotopic (exact) mass is 778 g/mol. The minimum Gasteiger partial charge on any atom is -0.497 e. The van der Waals surface area contributed by atoms with E-state index in [9.17, 15) is 27.0 Å². The molecule has 0 saturated heterocycles. The summed E-state index contributed by atoms with van der Waals surface area (Å²) < 4.78 is 65.7. The Morgan fingerprint density at radius 2 is 0.796 bits per heavy atom. The lowest BCUT2D eigenvalue weighted by Gasteiger charge is -2.26. The van der Waals surface area contributed by atoms with E-state index in [-0.39, 0.29) is 39.0 Å². The molecule has 0 aliphatic rings. The van der Waals surface area contributed by atoms with Crippen molar-refractivity contribution < 1.29 is 36.5 Å². The summed E-state index contributed by atoms with van der Waals surface area (Å²) in [5.41, 5.74) is 5.72. The normalized spacial score (nSPS) is 12.7. The molecule has 292 valence electrons. The highest BCUT2D eigenvalue weighted by molar-refractivity contribution is 7.90. The first-order valence-electron chi connectivity index (χ1n) is 17.6. The fourth-order valence-corrected chi connectivity index (χ4v) is 8.80. The molecule has 54 heavy (non-hydrogen) atoms. The summed E-state index contributed by atoms with van der Waals surface area (Å²) in [5, 5.41) is 17.4. The summed E-state index contributed by atoms with van der Waals surface area (Å²) in [6.45, 7) is 11.2. The number of aliphatic hydroxyl groups is 2. The lowest BCUT2D eigenvalue weighted by Crippen LogP contribution is -2.39. The molecule has 2 N–H and O–H groups in total. The lowest BCUT2D eigenvalue weighted by atomic mass is 10.1. The van der Waals surface area contributed by atoms with Crippen molar-refractivity contribution in [1.29, 1.82) is 0 Å². The van der Waals surface area contributed by atoms with Gasteiger partial charge in [0.2, 0.25) is 20.0 Å². The maximum absolute atomic E-state index is 13.1. The SMILES string of the molecule is C=CC[C@@H](CO)S(=O)(=O)N(Cc1ccc(C)cc1)Cc1ccc(OC)cc1.C=CC[C@H](CO)S(=O)(=O)N(Cc1ccc(C)cc1)Cc1ccc(OC)cc1. The third kappa shape index (κ3) is 12.9. The number of rotatable bonds is 20. The minimum absolute atomic E-state index is 0.200. The summed E-state index contributed by atoms with van der Waals surface area (Å²) in [4.78, 5) is 0. The lowest BCUT2D eigenvalue weighted by molar-refractivity contribution is 0.281. The van der Waals surface area contributed by atoms with Gasteiger partial charge >= 0.3 is 0 Å². The Balaban J connectivity index is 0.000000290. The van der Waals surface area contributed by atoms with E-state index >= 15 is 0 Å². The van der Waals surface area contributed by atoms with Crippen LogP contribution in [0.1, 0.15) is 46.2 Å². The summed E-state index contributed by atoms with van der Waals surface area (Å²) >= 11 is 0. The van der Waals surface area contributed by atoms with Gasteiger partial charge in [-0.2, -0.15) is 8.61 Å². The number of sulfonamides is 2. The zero-order valence-electron chi connectivity index (χ0n) is 31.7. The van der Waals surface area contributed by atoms with Crippen molar-refractivity contribution in [2.24, 2.45) is 0 Å². The van der Waals surface area contributed by atoms with Gasteiger partial charge in [0, 0.05) is 26.2 Å². The van der Waals surface area contributed by atoms with Crippen LogP contribution >= 0.6 is 0 Å². The molecule has 0 amide bonds. The molecule has 0 aliphatic heterocycles. The number of hydrogen-bond acceptors (Lipinski definition) is 8. The van der Waals surface area contributed by atoms with Crippen molar-refractivity contribution >= 4 is 20.0 Å². The standard InChI is InChI=1S/2C21H27NO4S/c2*1-4-5-21(16-23)27(24,25)22(14-18-8-6-17(2)7-9-18)15-19-10-12-20(26-3)13-11-19/h2*4,6-13,21,23H,1,5,14-16H2,2-3H3/t2*21-/m10/s1. The zero-order valence-corrected chi connectivity index (χ0v) is 33.3. The fraction of sp³-hybridized carbons (Fsp3) is 0.333. The zero-order chi connectivity index (χ0) is 39.7. The second-order valence-corrected chi connectivity index (χ2v) is 17.4. The first-order valence-corrected chi connectivity index (χ1v) is 20.6. The number of benzene rings is 4. The molecular weight excluding hydrogens is 725 g/mol. The van der Waals surface area contributed by atoms with Gasteiger partial charge in [-0.25, -0.2) is 16.8 Å². The highest BCUT2D eigenvalue weighted by atomic mass is 32.2. The predicted octanol–water partition coefficient (Wildman–Crippen LogP) is 6.55. The molecule has 0 unspecified atom stereocenters. The van der Waals surface area contributed by atoms with Gasteiger partial charge in [-0.1, -0.05) is 96.1 Å². The van der Waals surface area contributed by atoms with Gasteiger partial charge in [0.25, 0.3) is 0 Å². The van der Waals surface area contributed by atoms with Crippen LogP contribution in [0.25, 0.3) is 0 Å². The Morgan fingerprint density at radius 1 is 0.537 bits per heavy atom. The van der Waals surface area contributed by atoms with Gasteiger partial charge in [0.05, 0.1) is 27.4 Å².